The molecule has 2 aliphatic heterocycles. The van der Waals surface area contributed by atoms with Crippen LogP contribution in [-0.4, -0.2) is 50.6 Å². The second-order valence-corrected chi connectivity index (χ2v) is 4.70. The maximum absolute atomic E-state index is 11.8. The van der Waals surface area contributed by atoms with Crippen LogP contribution in [0.25, 0.3) is 0 Å². The maximum Gasteiger partial charge on any atom is 0.233 e. The van der Waals surface area contributed by atoms with Crippen LogP contribution in [-0.2, 0) is 14.3 Å². The Labute approximate surface area is 95.1 Å². The fourth-order valence-electron chi connectivity index (χ4n) is 2.02. The van der Waals surface area contributed by atoms with Crippen molar-refractivity contribution < 1.29 is 19.4 Å². The first-order valence-corrected chi connectivity index (χ1v) is 5.81. The number of nitrogens with one attached hydrogen (secondary N) is 1. The number of carbonyl (C=O) groups excluding carboxylic acids is 1. The van der Waals surface area contributed by atoms with Crippen LogP contribution in [0.5, 0.6) is 0 Å². The minimum Gasteiger partial charge on any atom is -0.395 e. The van der Waals surface area contributed by atoms with Crippen LogP contribution in [0.15, 0.2) is 0 Å². The zero-order chi connectivity index (χ0) is 11.4. The van der Waals surface area contributed by atoms with Gasteiger partial charge < -0.3 is 19.9 Å². The highest BCUT2D eigenvalue weighted by atomic mass is 16.5. The van der Waals surface area contributed by atoms with Crippen LogP contribution in [0.3, 0.4) is 0 Å². The van der Waals surface area contributed by atoms with Gasteiger partial charge in [0.15, 0.2) is 0 Å². The summed E-state index contributed by atoms with van der Waals surface area (Å²) in [4.78, 5) is 11.8. The van der Waals surface area contributed by atoms with Crippen molar-refractivity contribution in [1.82, 2.24) is 5.32 Å². The Morgan fingerprint density at radius 2 is 2.00 bits per heavy atom. The van der Waals surface area contributed by atoms with Crippen molar-refractivity contribution in [3.63, 3.8) is 0 Å². The second kappa shape index (κ2) is 5.12. The molecule has 2 fully saturated rings. The molecule has 0 radical (unpaired) electrons. The minimum absolute atomic E-state index is 0.0762. The van der Waals surface area contributed by atoms with Crippen molar-refractivity contribution in [1.29, 1.82) is 0 Å². The predicted molar refractivity (Wildman–Crippen MR) is 56.9 cm³/mol. The number of hydrogen-bond acceptors (Lipinski definition) is 4. The third-order valence-electron chi connectivity index (χ3n) is 3.43. The number of amides is 1. The van der Waals surface area contributed by atoms with Gasteiger partial charge in [-0.05, 0) is 18.8 Å². The lowest BCUT2D eigenvalue weighted by molar-refractivity contribution is -0.170. The number of ether oxygens (including phenoxy) is 2. The number of hydrogen-bond donors (Lipinski definition) is 2. The van der Waals surface area contributed by atoms with Gasteiger partial charge in [0.05, 0.1) is 19.8 Å². The Kier molecular flexibility index (Phi) is 3.78. The lowest BCUT2D eigenvalue weighted by atomic mass is 9.85. The van der Waals surface area contributed by atoms with Gasteiger partial charge in [0.2, 0.25) is 5.91 Å². The van der Waals surface area contributed by atoms with Crippen molar-refractivity contribution in [2.24, 2.45) is 11.3 Å². The molecule has 1 amide bonds. The molecule has 0 aromatic rings. The quantitative estimate of drug-likeness (QED) is 0.684. The zero-order valence-electron chi connectivity index (χ0n) is 9.41. The van der Waals surface area contributed by atoms with E-state index in [0.29, 0.717) is 25.7 Å². The van der Waals surface area contributed by atoms with Crippen LogP contribution in [0.2, 0.25) is 0 Å². The molecule has 0 saturated carbocycles. The van der Waals surface area contributed by atoms with E-state index in [4.69, 9.17) is 9.47 Å². The molecule has 0 unspecified atom stereocenters. The van der Waals surface area contributed by atoms with E-state index in [1.807, 2.05) is 0 Å². The molecule has 16 heavy (non-hydrogen) atoms. The zero-order valence-corrected chi connectivity index (χ0v) is 9.41. The first-order chi connectivity index (χ1) is 7.77. The monoisotopic (exact) mass is 229 g/mol. The minimum atomic E-state index is -0.675. The molecule has 2 aliphatic rings. The van der Waals surface area contributed by atoms with Crippen molar-refractivity contribution >= 4 is 5.91 Å². The molecule has 0 aromatic heterocycles. The van der Waals surface area contributed by atoms with E-state index >= 15 is 0 Å². The number of rotatable bonds is 4. The molecule has 5 heteroatoms. The molecule has 0 bridgehead atoms. The van der Waals surface area contributed by atoms with E-state index in [9.17, 15) is 9.90 Å². The van der Waals surface area contributed by atoms with E-state index in [-0.39, 0.29) is 12.5 Å². The Hall–Kier alpha value is -0.650. The fourth-order valence-corrected chi connectivity index (χ4v) is 2.02. The first-order valence-electron chi connectivity index (χ1n) is 5.81. The summed E-state index contributed by atoms with van der Waals surface area (Å²) in [7, 11) is 0. The van der Waals surface area contributed by atoms with Gasteiger partial charge in [0.25, 0.3) is 0 Å². The van der Waals surface area contributed by atoms with Crippen LogP contribution < -0.4 is 5.32 Å². The molecule has 0 atom stereocenters. The highest BCUT2D eigenvalue weighted by molar-refractivity contribution is 5.83. The molecule has 2 heterocycles. The van der Waals surface area contributed by atoms with Gasteiger partial charge in [-0.3, -0.25) is 4.79 Å². The standard InChI is InChI=1S/C11H19NO4/c13-6-11(7-16-8-11)10(14)12-5-9-1-3-15-4-2-9/h9,13H,1-8H2,(H,12,14). The fraction of sp³-hybridized carbons (Fsp3) is 0.909. The molecule has 2 rings (SSSR count). The van der Waals surface area contributed by atoms with E-state index in [1.165, 1.54) is 0 Å². The van der Waals surface area contributed by atoms with Gasteiger partial charge in [-0.1, -0.05) is 0 Å². The first kappa shape index (κ1) is 11.8. The van der Waals surface area contributed by atoms with E-state index in [2.05, 4.69) is 5.32 Å². The van der Waals surface area contributed by atoms with E-state index in [1.54, 1.807) is 0 Å². The molecule has 0 spiro atoms. The SMILES string of the molecule is O=C(NCC1CCOCC1)C1(CO)COC1. The van der Waals surface area contributed by atoms with Crippen LogP contribution >= 0.6 is 0 Å². The Morgan fingerprint density at radius 3 is 2.50 bits per heavy atom. The lowest BCUT2D eigenvalue weighted by Gasteiger charge is -2.38. The molecule has 2 saturated heterocycles. The maximum atomic E-state index is 11.8. The van der Waals surface area contributed by atoms with Crippen molar-refractivity contribution in [3.8, 4) is 0 Å². The smallest absolute Gasteiger partial charge is 0.233 e. The average Bonchev–Trinajstić information content (AvgIpc) is 2.27. The number of aliphatic hydroxyl groups is 1. The highest BCUT2D eigenvalue weighted by Gasteiger charge is 2.45. The van der Waals surface area contributed by atoms with Crippen LogP contribution in [0.1, 0.15) is 12.8 Å². The molecule has 5 nitrogen and oxygen atoms in total. The van der Waals surface area contributed by atoms with Gasteiger partial charge in [0, 0.05) is 19.8 Å². The topological polar surface area (TPSA) is 67.8 Å². The Morgan fingerprint density at radius 1 is 1.31 bits per heavy atom. The summed E-state index contributed by atoms with van der Waals surface area (Å²) in [5.41, 5.74) is -0.675. The van der Waals surface area contributed by atoms with Gasteiger partial charge >= 0.3 is 0 Å². The van der Waals surface area contributed by atoms with E-state index < -0.39 is 5.41 Å². The number of aliphatic hydroxyl groups excluding tert-OH is 1. The summed E-state index contributed by atoms with van der Waals surface area (Å²) in [6, 6.07) is 0. The van der Waals surface area contributed by atoms with Gasteiger partial charge in [-0.2, -0.15) is 0 Å². The summed E-state index contributed by atoms with van der Waals surface area (Å²) in [6.45, 7) is 2.80. The summed E-state index contributed by atoms with van der Waals surface area (Å²) >= 11 is 0. The lowest BCUT2D eigenvalue weighted by Crippen LogP contribution is -2.57. The Bertz CT molecular complexity index is 241. The largest absolute Gasteiger partial charge is 0.395 e. The summed E-state index contributed by atoms with van der Waals surface area (Å²) < 4.78 is 10.3. The summed E-state index contributed by atoms with van der Waals surface area (Å²) in [6.07, 6.45) is 2.01. The predicted octanol–water partition coefficient (Wildman–Crippen LogP) is -0.462. The molecular formula is C11H19NO4. The van der Waals surface area contributed by atoms with Gasteiger partial charge in [0.1, 0.15) is 5.41 Å². The normalized spacial score (nSPS) is 24.8. The van der Waals surface area contributed by atoms with Crippen molar-refractivity contribution in [2.45, 2.75) is 12.8 Å². The third-order valence-corrected chi connectivity index (χ3v) is 3.43. The molecule has 0 aliphatic carbocycles. The van der Waals surface area contributed by atoms with Crippen LogP contribution in [0.4, 0.5) is 0 Å². The molecule has 0 aromatic carbocycles. The van der Waals surface area contributed by atoms with Gasteiger partial charge in [-0.25, -0.2) is 0 Å². The molecule has 92 valence electrons. The third kappa shape index (κ3) is 2.36. The Balaban J connectivity index is 1.74. The van der Waals surface area contributed by atoms with Gasteiger partial charge in [-0.15, -0.1) is 0 Å². The van der Waals surface area contributed by atoms with Crippen molar-refractivity contribution in [3.05, 3.63) is 0 Å². The average molecular weight is 229 g/mol. The summed E-state index contributed by atoms with van der Waals surface area (Å²) in [5.74, 6) is 0.433. The van der Waals surface area contributed by atoms with Crippen molar-refractivity contribution in [2.75, 3.05) is 39.6 Å². The summed E-state index contributed by atoms with van der Waals surface area (Å²) in [5, 5.41) is 12.1. The number of carbonyl (C=O) groups is 1. The molecule has 2 N–H and O–H groups in total. The second-order valence-electron chi connectivity index (χ2n) is 4.70. The highest BCUT2D eigenvalue weighted by Crippen LogP contribution is 2.27. The van der Waals surface area contributed by atoms with Crippen LogP contribution in [0, 0.1) is 11.3 Å². The van der Waals surface area contributed by atoms with E-state index in [0.717, 1.165) is 26.1 Å². The molecular weight excluding hydrogens is 210 g/mol.